The van der Waals surface area contributed by atoms with Gasteiger partial charge < -0.3 is 0 Å². The van der Waals surface area contributed by atoms with Gasteiger partial charge in [0.05, 0.1) is 0 Å². The fourth-order valence-electron chi connectivity index (χ4n) is 1.50. The van der Waals surface area contributed by atoms with Crippen LogP contribution in [0.3, 0.4) is 0 Å². The van der Waals surface area contributed by atoms with Gasteiger partial charge in [0.25, 0.3) is 0 Å². The molecule has 0 fully saturated rings. The summed E-state index contributed by atoms with van der Waals surface area (Å²) < 4.78 is 195. The van der Waals surface area contributed by atoms with Gasteiger partial charge >= 0.3 is 42.0 Å². The van der Waals surface area contributed by atoms with Gasteiger partial charge in [-0.05, 0) is 0 Å². The number of hydrogen-bond donors (Lipinski definition) is 0. The molecule has 0 aromatic rings. The third kappa shape index (κ3) is 2.66. The van der Waals surface area contributed by atoms with Crippen molar-refractivity contribution < 1.29 is 70.2 Å². The molecule has 0 nitrogen and oxygen atoms in total. The lowest BCUT2D eigenvalue weighted by molar-refractivity contribution is -0.517. The van der Waals surface area contributed by atoms with E-state index in [9.17, 15) is 70.2 Å². The summed E-state index contributed by atoms with van der Waals surface area (Å²) in [6.45, 7) is 0. The second-order valence-corrected chi connectivity index (χ2v) is 3.89. The largest absolute Gasteiger partial charge is 0.454 e. The molecule has 0 radical (unpaired) electrons. The van der Waals surface area contributed by atoms with Gasteiger partial charge in [-0.25, -0.2) is 0 Å². The molecule has 0 amide bonds. The van der Waals surface area contributed by atoms with Gasteiger partial charge in [0.1, 0.15) is 0 Å². The van der Waals surface area contributed by atoms with Crippen LogP contribution in [0.5, 0.6) is 0 Å². The maximum atomic E-state index is 12.7. The van der Waals surface area contributed by atoms with Crippen molar-refractivity contribution in [3.63, 3.8) is 0 Å². The predicted octanol–water partition coefficient (Wildman–Crippen LogP) is 5.49. The standard InChI is InChI=1S/C7F16/c8-2(9,6(18,19)20)1(4(12,13)14,5(15,16)17)3(10,11)7(21,22)23. The van der Waals surface area contributed by atoms with Crippen LogP contribution in [0.25, 0.3) is 0 Å². The van der Waals surface area contributed by atoms with Crippen molar-refractivity contribution in [2.24, 2.45) is 5.41 Å². The summed E-state index contributed by atoms with van der Waals surface area (Å²) >= 11 is 0. The number of alkyl halides is 16. The highest BCUT2D eigenvalue weighted by Gasteiger charge is 3.01. The number of rotatable bonds is 2. The third-order valence-corrected chi connectivity index (χ3v) is 2.50. The first-order valence-electron chi connectivity index (χ1n) is 4.52. The molecule has 0 saturated heterocycles. The van der Waals surface area contributed by atoms with Gasteiger partial charge in [-0.2, -0.15) is 70.2 Å². The molecule has 0 aromatic carbocycles. The Morgan fingerprint density at radius 3 is 0.522 bits per heavy atom. The van der Waals surface area contributed by atoms with Crippen molar-refractivity contribution in [3.8, 4) is 0 Å². The molecule has 0 heterocycles. The van der Waals surface area contributed by atoms with Crippen LogP contribution in [0, 0.1) is 5.41 Å². The Kier molecular flexibility index (Phi) is 4.70. The van der Waals surface area contributed by atoms with E-state index in [1.54, 1.807) is 0 Å². The molecule has 0 saturated carbocycles. The summed E-state index contributed by atoms with van der Waals surface area (Å²) in [5.74, 6) is -17.1. The first-order valence-corrected chi connectivity index (χ1v) is 4.52. The van der Waals surface area contributed by atoms with E-state index in [-0.39, 0.29) is 0 Å². The Bertz CT molecular complexity index is 383. The maximum Gasteiger partial charge on any atom is 0.454 e. The topological polar surface area (TPSA) is 0 Å². The van der Waals surface area contributed by atoms with E-state index < -0.39 is 42.0 Å². The van der Waals surface area contributed by atoms with Crippen molar-refractivity contribution in [1.82, 2.24) is 0 Å². The predicted molar refractivity (Wildman–Crippen MR) is 36.5 cm³/mol. The molecule has 0 spiro atoms. The molecule has 0 atom stereocenters. The second kappa shape index (κ2) is 4.94. The quantitative estimate of drug-likeness (QED) is 0.549. The van der Waals surface area contributed by atoms with Crippen LogP contribution in [0.2, 0.25) is 0 Å². The molecule has 0 unspecified atom stereocenters. The molecule has 0 aromatic heterocycles. The fraction of sp³-hybridized carbons (Fsp3) is 1.00. The number of hydrogen-bond acceptors (Lipinski definition) is 0. The zero-order valence-corrected chi connectivity index (χ0v) is 9.55. The lowest BCUT2D eigenvalue weighted by Gasteiger charge is -2.46. The lowest BCUT2D eigenvalue weighted by Crippen LogP contribution is -2.76. The first kappa shape index (κ1) is 21.9. The molecule has 0 aliphatic heterocycles. The van der Waals surface area contributed by atoms with Crippen molar-refractivity contribution in [2.75, 3.05) is 0 Å². The first-order chi connectivity index (χ1) is 9.50. The molecule has 0 bridgehead atoms. The monoisotopic (exact) mass is 388 g/mol. The minimum atomic E-state index is -8.78. The molecule has 0 rings (SSSR count). The van der Waals surface area contributed by atoms with Gasteiger partial charge in [-0.1, -0.05) is 0 Å². The zero-order chi connectivity index (χ0) is 19.5. The molecule has 0 N–H and O–H groups in total. The minimum absolute atomic E-state index is 8.03. The number of halogens is 16. The highest BCUT2D eigenvalue weighted by atomic mass is 19.4. The third-order valence-electron chi connectivity index (χ3n) is 2.50. The highest BCUT2D eigenvalue weighted by molar-refractivity contribution is 5.15. The van der Waals surface area contributed by atoms with Crippen molar-refractivity contribution in [1.29, 1.82) is 0 Å². The summed E-state index contributed by atoms with van der Waals surface area (Å²) in [5.41, 5.74) is -8.78. The van der Waals surface area contributed by atoms with Crippen molar-refractivity contribution >= 4 is 0 Å². The van der Waals surface area contributed by atoms with Gasteiger partial charge in [0.2, 0.25) is 0 Å². The molecule has 23 heavy (non-hydrogen) atoms. The Hall–Kier alpha value is -1.12. The minimum Gasteiger partial charge on any atom is -0.195 e. The van der Waals surface area contributed by atoms with Gasteiger partial charge in [0.15, 0.2) is 0 Å². The van der Waals surface area contributed by atoms with Crippen LogP contribution in [-0.2, 0) is 0 Å². The molecule has 16 heteroatoms. The van der Waals surface area contributed by atoms with Crippen molar-refractivity contribution in [3.05, 3.63) is 0 Å². The molecule has 0 aliphatic carbocycles. The Morgan fingerprint density at radius 1 is 0.261 bits per heavy atom. The molecular weight excluding hydrogens is 388 g/mol. The average Bonchev–Trinajstić information content (AvgIpc) is 2.06. The van der Waals surface area contributed by atoms with E-state index in [0.29, 0.717) is 0 Å². The van der Waals surface area contributed by atoms with E-state index in [1.165, 1.54) is 0 Å². The molecule has 0 aliphatic rings. The lowest BCUT2D eigenvalue weighted by atomic mass is 9.72. The Labute approximate surface area is 114 Å². The summed E-state index contributed by atoms with van der Waals surface area (Å²) in [4.78, 5) is 0. The fourth-order valence-corrected chi connectivity index (χ4v) is 1.50. The Balaban J connectivity index is 7.30. The summed E-state index contributed by atoms with van der Waals surface area (Å²) in [6.07, 6.45) is -32.8. The van der Waals surface area contributed by atoms with Crippen LogP contribution in [0.15, 0.2) is 0 Å². The van der Waals surface area contributed by atoms with Crippen LogP contribution in [0.4, 0.5) is 70.2 Å². The summed E-state index contributed by atoms with van der Waals surface area (Å²) in [6, 6.07) is 0. The Morgan fingerprint density at radius 2 is 0.435 bits per heavy atom. The van der Waals surface area contributed by atoms with Crippen molar-refractivity contribution in [2.45, 2.75) is 36.6 Å². The van der Waals surface area contributed by atoms with E-state index in [2.05, 4.69) is 0 Å². The van der Waals surface area contributed by atoms with E-state index in [4.69, 9.17) is 0 Å². The van der Waals surface area contributed by atoms with Crippen LogP contribution >= 0.6 is 0 Å². The smallest absolute Gasteiger partial charge is 0.195 e. The average molecular weight is 388 g/mol. The molecular formula is C7F16. The van der Waals surface area contributed by atoms with Gasteiger partial charge in [0, 0.05) is 0 Å². The van der Waals surface area contributed by atoms with Crippen LogP contribution in [-0.4, -0.2) is 36.6 Å². The van der Waals surface area contributed by atoms with Gasteiger partial charge in [-0.3, -0.25) is 0 Å². The maximum absolute atomic E-state index is 12.7. The summed E-state index contributed by atoms with van der Waals surface area (Å²) in [7, 11) is 0. The molecule has 140 valence electrons. The van der Waals surface area contributed by atoms with Gasteiger partial charge in [-0.15, -0.1) is 0 Å². The van der Waals surface area contributed by atoms with Crippen LogP contribution in [0.1, 0.15) is 0 Å². The zero-order valence-electron chi connectivity index (χ0n) is 9.55. The second-order valence-electron chi connectivity index (χ2n) is 3.89. The van der Waals surface area contributed by atoms with E-state index in [1.807, 2.05) is 0 Å². The summed E-state index contributed by atoms with van der Waals surface area (Å²) in [5, 5.41) is 0. The van der Waals surface area contributed by atoms with E-state index >= 15 is 0 Å². The highest BCUT2D eigenvalue weighted by Crippen LogP contribution is 2.71. The van der Waals surface area contributed by atoms with Crippen LogP contribution < -0.4 is 0 Å². The van der Waals surface area contributed by atoms with E-state index in [0.717, 1.165) is 0 Å². The normalized spacial score (nSPS) is 16.7. The SMILES string of the molecule is FC(F)(F)C(F)(F)C(C(F)(F)F)(C(F)(F)F)C(F)(F)C(F)(F)F.